The van der Waals surface area contributed by atoms with E-state index in [1.165, 1.54) is 5.56 Å². The van der Waals surface area contributed by atoms with Crippen LogP contribution in [0.2, 0.25) is 0 Å². The van der Waals surface area contributed by atoms with Crippen LogP contribution >= 0.6 is 35.7 Å². The third-order valence-corrected chi connectivity index (χ3v) is 4.59. The average Bonchev–Trinajstić information content (AvgIpc) is 2.51. The Morgan fingerprint density at radius 1 is 1.27 bits per heavy atom. The van der Waals surface area contributed by atoms with Crippen molar-refractivity contribution in [3.8, 4) is 5.75 Å². The number of ether oxygens (including phenoxy) is 1. The van der Waals surface area contributed by atoms with Gasteiger partial charge in [-0.05, 0) is 38.2 Å². The van der Waals surface area contributed by atoms with Gasteiger partial charge >= 0.3 is 0 Å². The zero-order valence-electron chi connectivity index (χ0n) is 14.1. The summed E-state index contributed by atoms with van der Waals surface area (Å²) >= 11 is 1.84. The summed E-state index contributed by atoms with van der Waals surface area (Å²) in [6.45, 7) is 6.13. The third-order valence-electron chi connectivity index (χ3n) is 3.34. The molecule has 1 rings (SSSR count). The summed E-state index contributed by atoms with van der Waals surface area (Å²) in [4.78, 5) is 4.25. The number of nitrogens with zero attached hydrogens (tertiary/aromatic N) is 1. The van der Waals surface area contributed by atoms with E-state index in [1.807, 2.05) is 30.0 Å². The van der Waals surface area contributed by atoms with Gasteiger partial charge in [0.2, 0.25) is 0 Å². The number of rotatable bonds is 7. The maximum absolute atomic E-state index is 5.36. The molecule has 0 unspecified atom stereocenters. The molecule has 0 radical (unpaired) electrons. The lowest BCUT2D eigenvalue weighted by molar-refractivity contribution is 0.409. The van der Waals surface area contributed by atoms with Crippen LogP contribution in [0.25, 0.3) is 0 Å². The van der Waals surface area contributed by atoms with Crippen LogP contribution in [0.4, 0.5) is 0 Å². The van der Waals surface area contributed by atoms with Crippen molar-refractivity contribution in [1.29, 1.82) is 0 Å². The second-order valence-electron chi connectivity index (χ2n) is 5.38. The number of guanidine groups is 1. The number of methoxy groups -OCH3 is 1. The van der Waals surface area contributed by atoms with E-state index in [1.54, 1.807) is 14.2 Å². The van der Waals surface area contributed by atoms with E-state index in [0.717, 1.165) is 31.2 Å². The van der Waals surface area contributed by atoms with Crippen molar-refractivity contribution in [3.05, 3.63) is 29.8 Å². The first-order chi connectivity index (χ1) is 10.0. The van der Waals surface area contributed by atoms with Gasteiger partial charge in [-0.1, -0.05) is 18.2 Å². The second kappa shape index (κ2) is 11.0. The molecule has 0 heterocycles. The van der Waals surface area contributed by atoms with Crippen LogP contribution < -0.4 is 15.4 Å². The Labute approximate surface area is 155 Å². The molecule has 126 valence electrons. The van der Waals surface area contributed by atoms with Gasteiger partial charge in [0.15, 0.2) is 5.96 Å². The highest BCUT2D eigenvalue weighted by molar-refractivity contribution is 14.0. The Kier molecular flexibility index (Phi) is 10.7. The Hall–Kier alpha value is -0.630. The number of nitrogens with one attached hydrogen (secondary N) is 2. The minimum atomic E-state index is 0. The molecule has 0 atom stereocenters. The average molecular weight is 437 g/mol. The zero-order chi connectivity index (χ0) is 15.7. The van der Waals surface area contributed by atoms with Crippen molar-refractivity contribution in [1.82, 2.24) is 10.6 Å². The molecule has 0 saturated heterocycles. The minimum Gasteiger partial charge on any atom is -0.496 e. The van der Waals surface area contributed by atoms with Gasteiger partial charge < -0.3 is 15.4 Å². The highest BCUT2D eigenvalue weighted by Crippen LogP contribution is 2.19. The van der Waals surface area contributed by atoms with Gasteiger partial charge in [0, 0.05) is 24.9 Å². The summed E-state index contributed by atoms with van der Waals surface area (Å²) in [7, 11) is 3.50. The molecule has 0 fully saturated rings. The van der Waals surface area contributed by atoms with E-state index in [-0.39, 0.29) is 28.7 Å². The van der Waals surface area contributed by atoms with Crippen molar-refractivity contribution in [2.45, 2.75) is 25.0 Å². The van der Waals surface area contributed by atoms with Crippen LogP contribution in [0, 0.1) is 0 Å². The molecule has 0 spiro atoms. The van der Waals surface area contributed by atoms with Gasteiger partial charge in [-0.15, -0.1) is 24.0 Å². The number of hydrogen-bond acceptors (Lipinski definition) is 3. The fraction of sp³-hybridized carbons (Fsp3) is 0.562. The molecule has 4 nitrogen and oxygen atoms in total. The van der Waals surface area contributed by atoms with Crippen molar-refractivity contribution in [3.63, 3.8) is 0 Å². The van der Waals surface area contributed by atoms with E-state index in [9.17, 15) is 0 Å². The van der Waals surface area contributed by atoms with Crippen molar-refractivity contribution in [2.75, 3.05) is 33.5 Å². The number of halogens is 1. The largest absolute Gasteiger partial charge is 0.496 e. The van der Waals surface area contributed by atoms with Crippen LogP contribution in [-0.2, 0) is 6.42 Å². The molecule has 0 bridgehead atoms. The quantitative estimate of drug-likeness (QED) is 0.391. The van der Waals surface area contributed by atoms with Gasteiger partial charge in [-0.2, -0.15) is 11.8 Å². The maximum Gasteiger partial charge on any atom is 0.191 e. The smallest absolute Gasteiger partial charge is 0.191 e. The highest BCUT2D eigenvalue weighted by Gasteiger charge is 2.15. The topological polar surface area (TPSA) is 45.7 Å². The first-order valence-electron chi connectivity index (χ1n) is 7.14. The summed E-state index contributed by atoms with van der Waals surface area (Å²) in [5.74, 6) is 1.78. The lowest BCUT2D eigenvalue weighted by Crippen LogP contribution is -2.43. The Morgan fingerprint density at radius 3 is 2.55 bits per heavy atom. The molecule has 0 aliphatic rings. The molecule has 0 amide bonds. The lowest BCUT2D eigenvalue weighted by Gasteiger charge is -2.23. The Bertz CT molecular complexity index is 466. The normalized spacial score (nSPS) is 11.6. The first-order valence-corrected chi connectivity index (χ1v) is 8.36. The third kappa shape index (κ3) is 7.58. The van der Waals surface area contributed by atoms with Crippen LogP contribution in [0.15, 0.2) is 29.3 Å². The molecule has 1 aromatic carbocycles. The Balaban J connectivity index is 0.00000441. The Morgan fingerprint density at radius 2 is 1.95 bits per heavy atom. The molecule has 22 heavy (non-hydrogen) atoms. The van der Waals surface area contributed by atoms with Crippen LogP contribution in [0.1, 0.15) is 19.4 Å². The number of benzene rings is 1. The first kappa shape index (κ1) is 21.4. The van der Waals surface area contributed by atoms with E-state index < -0.39 is 0 Å². The van der Waals surface area contributed by atoms with Crippen molar-refractivity contribution >= 4 is 41.7 Å². The van der Waals surface area contributed by atoms with Crippen molar-refractivity contribution < 1.29 is 4.74 Å². The maximum atomic E-state index is 5.36. The summed E-state index contributed by atoms with van der Waals surface area (Å²) in [6, 6.07) is 8.10. The summed E-state index contributed by atoms with van der Waals surface area (Å²) in [5.41, 5.74) is 1.20. The molecule has 0 aliphatic carbocycles. The van der Waals surface area contributed by atoms with Crippen LogP contribution in [-0.4, -0.2) is 44.2 Å². The van der Waals surface area contributed by atoms with E-state index >= 15 is 0 Å². The van der Waals surface area contributed by atoms with E-state index in [0.29, 0.717) is 0 Å². The standard InChI is InChI=1S/C16H27N3OS.HI/c1-16(2,21-5)12-19-15(17-3)18-11-10-13-8-6-7-9-14(13)20-4;/h6-9H,10-12H2,1-5H3,(H2,17,18,19);1H. The molecule has 0 aromatic heterocycles. The SMILES string of the molecule is CN=C(NCCc1ccccc1OC)NCC(C)(C)SC.I. The molecular formula is C16H28IN3OS. The molecule has 1 aromatic rings. The highest BCUT2D eigenvalue weighted by atomic mass is 127. The minimum absolute atomic E-state index is 0. The molecule has 0 saturated carbocycles. The fourth-order valence-electron chi connectivity index (χ4n) is 1.81. The predicted molar refractivity (Wildman–Crippen MR) is 109 cm³/mol. The number of thioether (sulfide) groups is 1. The fourth-order valence-corrected chi connectivity index (χ4v) is 2.03. The molecular weight excluding hydrogens is 409 g/mol. The van der Waals surface area contributed by atoms with Gasteiger partial charge in [0.25, 0.3) is 0 Å². The monoisotopic (exact) mass is 437 g/mol. The van der Waals surface area contributed by atoms with Gasteiger partial charge in [0.05, 0.1) is 7.11 Å². The molecule has 2 N–H and O–H groups in total. The number of aliphatic imine (C=N–C) groups is 1. The van der Waals surface area contributed by atoms with E-state index in [2.05, 4.69) is 41.8 Å². The lowest BCUT2D eigenvalue weighted by atomic mass is 10.1. The summed E-state index contributed by atoms with van der Waals surface area (Å²) in [5, 5.41) is 6.70. The number of para-hydroxylation sites is 1. The summed E-state index contributed by atoms with van der Waals surface area (Å²) in [6.07, 6.45) is 3.02. The molecule has 6 heteroatoms. The van der Waals surface area contributed by atoms with E-state index in [4.69, 9.17) is 4.74 Å². The van der Waals surface area contributed by atoms with Crippen molar-refractivity contribution in [2.24, 2.45) is 4.99 Å². The van der Waals surface area contributed by atoms with Gasteiger partial charge in [0.1, 0.15) is 5.75 Å². The predicted octanol–water partition coefficient (Wildman–Crippen LogP) is 3.16. The zero-order valence-corrected chi connectivity index (χ0v) is 17.2. The second-order valence-corrected chi connectivity index (χ2v) is 6.89. The van der Waals surface area contributed by atoms with Crippen LogP contribution in [0.3, 0.4) is 0 Å². The number of hydrogen-bond donors (Lipinski definition) is 2. The summed E-state index contributed by atoms with van der Waals surface area (Å²) < 4.78 is 5.55. The van der Waals surface area contributed by atoms with Crippen LogP contribution in [0.5, 0.6) is 5.75 Å². The van der Waals surface area contributed by atoms with Gasteiger partial charge in [-0.3, -0.25) is 4.99 Å². The van der Waals surface area contributed by atoms with Gasteiger partial charge in [-0.25, -0.2) is 0 Å². The molecule has 0 aliphatic heterocycles.